The van der Waals surface area contributed by atoms with Crippen molar-refractivity contribution in [2.75, 3.05) is 13.7 Å². The smallest absolute Gasteiger partial charge is 0.427 e. The molecule has 0 aliphatic rings. The lowest BCUT2D eigenvalue weighted by Gasteiger charge is -2.04. The van der Waals surface area contributed by atoms with E-state index in [2.05, 4.69) is 20.2 Å². The minimum absolute atomic E-state index is 0.311. The maximum Gasteiger partial charge on any atom is 0.427 e. The fraction of sp³-hybridized carbons (Fsp3) is 0.300. The maximum absolute atomic E-state index is 11.0. The van der Waals surface area contributed by atoms with Gasteiger partial charge in [-0.15, -0.1) is 11.3 Å². The van der Waals surface area contributed by atoms with Crippen LogP contribution in [-0.2, 0) is 4.74 Å². The number of thiazole rings is 1. The number of aromatic nitrogens is 2. The van der Waals surface area contributed by atoms with E-state index in [9.17, 15) is 9.90 Å². The second-order valence-electron chi connectivity index (χ2n) is 3.42. The molecule has 0 saturated carbocycles. The molecule has 0 bridgehead atoms. The van der Waals surface area contributed by atoms with Crippen molar-refractivity contribution in [1.29, 1.82) is 0 Å². The third-order valence-corrected chi connectivity index (χ3v) is 3.08. The second-order valence-corrected chi connectivity index (χ2v) is 4.29. The Morgan fingerprint density at radius 1 is 1.72 bits per heavy atom. The van der Waals surface area contributed by atoms with Gasteiger partial charge in [-0.25, -0.2) is 15.2 Å². The molecule has 0 atom stereocenters. The number of nitrogens with zero attached hydrogens (tertiary/aromatic N) is 3. The first kappa shape index (κ1) is 12.5. The van der Waals surface area contributed by atoms with E-state index in [0.717, 1.165) is 10.7 Å². The number of hydrogen-bond donors (Lipinski definition) is 2. The molecule has 0 fully saturated rings. The lowest BCUT2D eigenvalue weighted by Crippen LogP contribution is -2.22. The molecule has 1 amide bonds. The zero-order chi connectivity index (χ0) is 13.1. The fourth-order valence-corrected chi connectivity index (χ4v) is 2.32. The van der Waals surface area contributed by atoms with Gasteiger partial charge >= 0.3 is 6.09 Å². The van der Waals surface area contributed by atoms with Crippen LogP contribution in [-0.4, -0.2) is 40.0 Å². The summed E-state index contributed by atoms with van der Waals surface area (Å²) >= 11 is 1.48. The maximum atomic E-state index is 11.0. The van der Waals surface area contributed by atoms with Crippen LogP contribution in [0.5, 0.6) is 0 Å². The highest BCUT2D eigenvalue weighted by Crippen LogP contribution is 2.17. The molecule has 7 nitrogen and oxygen atoms in total. The molecule has 0 spiro atoms. The van der Waals surface area contributed by atoms with Crippen molar-refractivity contribution >= 4 is 28.1 Å². The zero-order valence-electron chi connectivity index (χ0n) is 9.88. The van der Waals surface area contributed by atoms with E-state index >= 15 is 0 Å². The molecule has 0 radical (unpaired) electrons. The Labute approximate surface area is 107 Å². The van der Waals surface area contributed by atoms with Gasteiger partial charge < -0.3 is 9.84 Å². The van der Waals surface area contributed by atoms with E-state index in [1.165, 1.54) is 18.4 Å². The zero-order valence-corrected chi connectivity index (χ0v) is 10.7. The van der Waals surface area contributed by atoms with Gasteiger partial charge in [0.25, 0.3) is 0 Å². The van der Waals surface area contributed by atoms with Crippen molar-refractivity contribution in [3.63, 3.8) is 0 Å². The van der Waals surface area contributed by atoms with Crippen molar-refractivity contribution in [2.45, 2.75) is 6.92 Å². The Morgan fingerprint density at radius 2 is 2.50 bits per heavy atom. The summed E-state index contributed by atoms with van der Waals surface area (Å²) in [4.78, 5) is 16.1. The molecular formula is C10H12N4O3S. The van der Waals surface area contributed by atoms with E-state index in [1.807, 2.05) is 22.9 Å². The molecule has 0 unspecified atom stereocenters. The van der Waals surface area contributed by atoms with E-state index < -0.39 is 6.09 Å². The molecule has 0 aliphatic heterocycles. The number of nitrogens with one attached hydrogen (secondary N) is 1. The van der Waals surface area contributed by atoms with Crippen LogP contribution in [0.1, 0.15) is 11.4 Å². The number of aliphatic hydroxyl groups excluding tert-OH is 1. The van der Waals surface area contributed by atoms with Crippen LogP contribution >= 0.6 is 11.3 Å². The van der Waals surface area contributed by atoms with Crippen molar-refractivity contribution < 1.29 is 14.6 Å². The molecule has 2 heterocycles. The van der Waals surface area contributed by atoms with Gasteiger partial charge in [0, 0.05) is 11.6 Å². The lowest BCUT2D eigenvalue weighted by atomic mass is 10.2. The van der Waals surface area contributed by atoms with Crippen molar-refractivity contribution in [3.8, 4) is 0 Å². The summed E-state index contributed by atoms with van der Waals surface area (Å²) in [5, 5.41) is 15.1. The van der Waals surface area contributed by atoms with E-state index in [4.69, 9.17) is 0 Å². The summed E-state index contributed by atoms with van der Waals surface area (Å²) in [6.07, 6.45) is 1.14. The van der Waals surface area contributed by atoms with Crippen LogP contribution in [0.3, 0.4) is 0 Å². The highest BCUT2D eigenvalue weighted by molar-refractivity contribution is 7.15. The summed E-state index contributed by atoms with van der Waals surface area (Å²) < 4.78 is 6.22. The summed E-state index contributed by atoms with van der Waals surface area (Å²) in [5.41, 5.74) is 3.92. The van der Waals surface area contributed by atoms with Gasteiger partial charge in [-0.3, -0.25) is 4.40 Å². The number of carbonyl (C=O) groups excluding carboxylic acids is 1. The third kappa shape index (κ3) is 2.20. The number of methoxy groups -OCH3 is 1. The SMILES string of the molecule is COC(=O)NN=C(CO)c1c(C)nc2sccn12. The second kappa shape index (κ2) is 5.15. The number of hydrazone groups is 1. The highest BCUT2D eigenvalue weighted by Gasteiger charge is 2.15. The number of ether oxygens (including phenoxy) is 1. The molecular weight excluding hydrogens is 256 g/mol. The Balaban J connectivity index is 2.40. The fourth-order valence-electron chi connectivity index (χ4n) is 1.56. The summed E-state index contributed by atoms with van der Waals surface area (Å²) in [5.74, 6) is 0. The topological polar surface area (TPSA) is 88.2 Å². The Kier molecular flexibility index (Phi) is 3.58. The quantitative estimate of drug-likeness (QED) is 0.635. The molecule has 0 aromatic carbocycles. The standard InChI is InChI=1S/C10H12N4O3S/c1-6-8(14-3-4-18-9(14)11-6)7(5-15)12-13-10(16)17-2/h3-4,15H,5H2,1-2H3,(H,13,16). The number of rotatable bonds is 3. The Bertz CT molecular complexity index is 601. The largest absolute Gasteiger partial charge is 0.452 e. The minimum Gasteiger partial charge on any atom is -0.452 e. The normalized spacial score (nSPS) is 11.8. The minimum atomic E-state index is -0.690. The monoisotopic (exact) mass is 268 g/mol. The van der Waals surface area contributed by atoms with Gasteiger partial charge in [0.05, 0.1) is 25.1 Å². The average molecular weight is 268 g/mol. The van der Waals surface area contributed by atoms with Gasteiger partial charge in [-0.2, -0.15) is 5.10 Å². The number of hydrogen-bond acceptors (Lipinski definition) is 6. The predicted octanol–water partition coefficient (Wildman–Crippen LogP) is 0.757. The summed E-state index contributed by atoms with van der Waals surface area (Å²) in [7, 11) is 1.24. The summed E-state index contributed by atoms with van der Waals surface area (Å²) in [6.45, 7) is 1.51. The highest BCUT2D eigenvalue weighted by atomic mass is 32.1. The number of imidazole rings is 1. The van der Waals surface area contributed by atoms with Gasteiger partial charge in [0.15, 0.2) is 4.96 Å². The number of carbonyl (C=O) groups is 1. The van der Waals surface area contributed by atoms with Gasteiger partial charge in [-0.1, -0.05) is 0 Å². The lowest BCUT2D eigenvalue weighted by molar-refractivity contribution is 0.171. The number of fused-ring (bicyclic) bond motifs is 1. The van der Waals surface area contributed by atoms with E-state index in [1.54, 1.807) is 0 Å². The number of aryl methyl sites for hydroxylation is 1. The molecule has 2 aromatic heterocycles. The van der Waals surface area contributed by atoms with Crippen LogP contribution in [0.15, 0.2) is 16.7 Å². The van der Waals surface area contributed by atoms with Crippen molar-refractivity contribution in [1.82, 2.24) is 14.8 Å². The Hall–Kier alpha value is -1.93. The number of amides is 1. The van der Waals surface area contributed by atoms with Crippen LogP contribution in [0.25, 0.3) is 4.96 Å². The Morgan fingerprint density at radius 3 is 3.17 bits per heavy atom. The molecule has 0 aliphatic carbocycles. The van der Waals surface area contributed by atoms with Crippen LogP contribution < -0.4 is 5.43 Å². The third-order valence-electron chi connectivity index (χ3n) is 2.33. The van der Waals surface area contributed by atoms with Crippen molar-refractivity contribution in [2.24, 2.45) is 5.10 Å². The molecule has 2 N–H and O–H groups in total. The van der Waals surface area contributed by atoms with Crippen molar-refractivity contribution in [3.05, 3.63) is 23.0 Å². The number of aliphatic hydroxyl groups is 1. The first-order valence-corrected chi connectivity index (χ1v) is 5.99. The van der Waals surface area contributed by atoms with Crippen LogP contribution in [0.4, 0.5) is 4.79 Å². The van der Waals surface area contributed by atoms with E-state index in [-0.39, 0.29) is 6.61 Å². The summed E-state index contributed by atoms with van der Waals surface area (Å²) in [6, 6.07) is 0. The molecule has 0 saturated heterocycles. The van der Waals surface area contributed by atoms with Gasteiger partial charge in [0.1, 0.15) is 5.71 Å². The first-order chi connectivity index (χ1) is 8.67. The van der Waals surface area contributed by atoms with Gasteiger partial charge in [0.2, 0.25) is 0 Å². The molecule has 96 valence electrons. The molecule has 2 aromatic rings. The van der Waals surface area contributed by atoms with Crippen LogP contribution in [0.2, 0.25) is 0 Å². The molecule has 18 heavy (non-hydrogen) atoms. The van der Waals surface area contributed by atoms with Crippen LogP contribution in [0, 0.1) is 6.92 Å². The average Bonchev–Trinajstić information content (AvgIpc) is 2.91. The molecule has 2 rings (SSSR count). The predicted molar refractivity (Wildman–Crippen MR) is 67.0 cm³/mol. The first-order valence-electron chi connectivity index (χ1n) is 5.11. The van der Waals surface area contributed by atoms with E-state index in [0.29, 0.717) is 11.4 Å². The molecule has 8 heteroatoms. The van der Waals surface area contributed by atoms with Gasteiger partial charge in [-0.05, 0) is 6.92 Å².